The second-order valence-corrected chi connectivity index (χ2v) is 7.45. The van der Waals surface area contributed by atoms with Crippen LogP contribution in [0, 0.1) is 0 Å². The van der Waals surface area contributed by atoms with Crippen molar-refractivity contribution in [3.63, 3.8) is 0 Å². The van der Waals surface area contributed by atoms with Crippen LogP contribution in [0.25, 0.3) is 20.9 Å². The van der Waals surface area contributed by atoms with Crippen LogP contribution in [0.5, 0.6) is 5.75 Å². The van der Waals surface area contributed by atoms with Crippen LogP contribution < -0.4 is 10.5 Å². The van der Waals surface area contributed by atoms with Gasteiger partial charge in [0.2, 0.25) is 0 Å². The monoisotopic (exact) mass is 329 g/mol. The summed E-state index contributed by atoms with van der Waals surface area (Å²) in [4.78, 5) is 2.58. The van der Waals surface area contributed by atoms with Gasteiger partial charge in [-0.25, -0.2) is 0 Å². The van der Waals surface area contributed by atoms with Gasteiger partial charge in [-0.05, 0) is 40.6 Å². The van der Waals surface area contributed by atoms with Crippen LogP contribution in [0.3, 0.4) is 0 Å². The Balaban J connectivity index is 2.23. The van der Waals surface area contributed by atoms with Crippen LogP contribution in [0.15, 0.2) is 41.8 Å². The Kier molecular flexibility index (Phi) is 4.23. The summed E-state index contributed by atoms with van der Waals surface area (Å²) >= 11 is 3.45. The van der Waals surface area contributed by atoms with Gasteiger partial charge in [-0.3, -0.25) is 0 Å². The van der Waals surface area contributed by atoms with Gasteiger partial charge in [-0.2, -0.15) is 0 Å². The van der Waals surface area contributed by atoms with Gasteiger partial charge >= 0.3 is 0 Å². The van der Waals surface area contributed by atoms with E-state index in [0.29, 0.717) is 5.92 Å². The number of benzene rings is 1. The molecular weight excluding hydrogens is 310 g/mol. The molecule has 2 heterocycles. The first-order valence-corrected chi connectivity index (χ1v) is 8.92. The van der Waals surface area contributed by atoms with Crippen molar-refractivity contribution in [3.8, 4) is 26.6 Å². The molecule has 2 nitrogen and oxygen atoms in total. The zero-order valence-corrected chi connectivity index (χ0v) is 14.6. The Hall–Kier alpha value is -1.78. The van der Waals surface area contributed by atoms with Gasteiger partial charge in [0, 0.05) is 10.4 Å². The van der Waals surface area contributed by atoms with E-state index in [4.69, 9.17) is 10.5 Å². The highest BCUT2D eigenvalue weighted by Gasteiger charge is 2.22. The number of hydrogen-bond donors (Lipinski definition) is 1. The van der Waals surface area contributed by atoms with E-state index in [1.165, 1.54) is 15.3 Å². The summed E-state index contributed by atoms with van der Waals surface area (Å²) in [5, 5.41) is 2.99. The fourth-order valence-corrected chi connectivity index (χ4v) is 4.79. The minimum Gasteiger partial charge on any atom is -0.497 e. The fraction of sp³-hybridized carbons (Fsp3) is 0.222. The summed E-state index contributed by atoms with van der Waals surface area (Å²) < 4.78 is 5.36. The van der Waals surface area contributed by atoms with Crippen molar-refractivity contribution in [2.75, 3.05) is 12.8 Å². The van der Waals surface area contributed by atoms with Crippen molar-refractivity contribution in [3.05, 3.63) is 47.3 Å². The van der Waals surface area contributed by atoms with E-state index in [9.17, 15) is 0 Å². The molecule has 0 atom stereocenters. The van der Waals surface area contributed by atoms with Crippen LogP contribution in [0.2, 0.25) is 0 Å². The zero-order chi connectivity index (χ0) is 15.7. The smallest absolute Gasteiger partial charge is 0.119 e. The summed E-state index contributed by atoms with van der Waals surface area (Å²) in [6.07, 6.45) is 0. The topological polar surface area (TPSA) is 35.2 Å². The van der Waals surface area contributed by atoms with Crippen LogP contribution >= 0.6 is 22.7 Å². The molecule has 0 saturated carbocycles. The highest BCUT2D eigenvalue weighted by atomic mass is 32.1. The first-order chi connectivity index (χ1) is 10.6. The molecule has 0 unspecified atom stereocenters. The third kappa shape index (κ3) is 2.64. The average Bonchev–Trinajstić information content (AvgIpc) is 3.14. The molecule has 3 aromatic rings. The summed E-state index contributed by atoms with van der Waals surface area (Å²) in [5.41, 5.74) is 10.0. The molecule has 0 bridgehead atoms. The Morgan fingerprint density at radius 2 is 1.95 bits per heavy atom. The van der Waals surface area contributed by atoms with E-state index in [1.807, 2.05) is 12.1 Å². The number of ether oxygens (including phenoxy) is 1. The number of methoxy groups -OCH3 is 1. The average molecular weight is 329 g/mol. The summed E-state index contributed by atoms with van der Waals surface area (Å²) in [5.74, 6) is 1.27. The highest BCUT2D eigenvalue weighted by Crippen LogP contribution is 2.48. The van der Waals surface area contributed by atoms with Gasteiger partial charge < -0.3 is 10.5 Å². The van der Waals surface area contributed by atoms with Crippen molar-refractivity contribution >= 4 is 27.7 Å². The lowest BCUT2D eigenvalue weighted by molar-refractivity contribution is 0.415. The SMILES string of the molecule is COc1cccc(-c2c(N)sc(-c3cccs3)c2C(C)C)c1. The number of anilines is 1. The number of hydrogen-bond acceptors (Lipinski definition) is 4. The minimum atomic E-state index is 0.409. The molecular formula is C18H19NOS2. The van der Waals surface area contributed by atoms with E-state index < -0.39 is 0 Å². The maximum absolute atomic E-state index is 6.39. The van der Waals surface area contributed by atoms with E-state index in [2.05, 4.69) is 43.5 Å². The Bertz CT molecular complexity index is 772. The van der Waals surface area contributed by atoms with Crippen molar-refractivity contribution < 1.29 is 4.74 Å². The molecule has 0 spiro atoms. The van der Waals surface area contributed by atoms with Crippen molar-refractivity contribution in [1.82, 2.24) is 0 Å². The summed E-state index contributed by atoms with van der Waals surface area (Å²) in [7, 11) is 1.69. The number of thiophene rings is 2. The van der Waals surface area contributed by atoms with Crippen LogP contribution in [0.1, 0.15) is 25.3 Å². The van der Waals surface area contributed by atoms with E-state index in [-0.39, 0.29) is 0 Å². The second kappa shape index (κ2) is 6.15. The van der Waals surface area contributed by atoms with Crippen LogP contribution in [-0.4, -0.2) is 7.11 Å². The predicted molar refractivity (Wildman–Crippen MR) is 98.1 cm³/mol. The number of nitrogen functional groups attached to an aromatic ring is 1. The first-order valence-electron chi connectivity index (χ1n) is 7.22. The van der Waals surface area contributed by atoms with E-state index in [1.54, 1.807) is 29.8 Å². The van der Waals surface area contributed by atoms with Gasteiger partial charge in [0.15, 0.2) is 0 Å². The van der Waals surface area contributed by atoms with E-state index in [0.717, 1.165) is 21.9 Å². The van der Waals surface area contributed by atoms with Crippen molar-refractivity contribution in [2.45, 2.75) is 19.8 Å². The minimum absolute atomic E-state index is 0.409. The fourth-order valence-electron chi connectivity index (χ4n) is 2.68. The van der Waals surface area contributed by atoms with Gasteiger partial charge in [-0.1, -0.05) is 32.0 Å². The van der Waals surface area contributed by atoms with Gasteiger partial charge in [0.1, 0.15) is 5.75 Å². The largest absolute Gasteiger partial charge is 0.497 e. The highest BCUT2D eigenvalue weighted by molar-refractivity contribution is 7.24. The Morgan fingerprint density at radius 3 is 2.59 bits per heavy atom. The predicted octanol–water partition coefficient (Wildman–Crippen LogP) is 5.86. The molecule has 2 aromatic heterocycles. The third-order valence-corrected chi connectivity index (χ3v) is 5.74. The number of rotatable bonds is 4. The molecule has 3 rings (SSSR count). The molecule has 4 heteroatoms. The van der Waals surface area contributed by atoms with Gasteiger partial charge in [0.25, 0.3) is 0 Å². The first kappa shape index (κ1) is 15.1. The summed E-state index contributed by atoms with van der Waals surface area (Å²) in [6, 6.07) is 12.4. The van der Waals surface area contributed by atoms with Gasteiger partial charge in [0.05, 0.1) is 17.0 Å². The summed E-state index contributed by atoms with van der Waals surface area (Å²) in [6.45, 7) is 4.45. The van der Waals surface area contributed by atoms with Crippen molar-refractivity contribution in [1.29, 1.82) is 0 Å². The van der Waals surface area contributed by atoms with Crippen molar-refractivity contribution in [2.24, 2.45) is 0 Å². The quantitative estimate of drug-likeness (QED) is 0.651. The van der Waals surface area contributed by atoms with Crippen LogP contribution in [0.4, 0.5) is 5.00 Å². The third-order valence-electron chi connectivity index (χ3n) is 3.65. The lowest BCUT2D eigenvalue weighted by atomic mass is 9.93. The maximum Gasteiger partial charge on any atom is 0.119 e. The lowest BCUT2D eigenvalue weighted by Gasteiger charge is -2.12. The van der Waals surface area contributed by atoms with Gasteiger partial charge in [-0.15, -0.1) is 22.7 Å². The molecule has 114 valence electrons. The molecule has 0 radical (unpaired) electrons. The Morgan fingerprint density at radius 1 is 1.14 bits per heavy atom. The maximum atomic E-state index is 6.39. The molecule has 0 aliphatic carbocycles. The molecule has 1 aromatic carbocycles. The molecule has 0 amide bonds. The molecule has 0 saturated heterocycles. The molecule has 2 N–H and O–H groups in total. The zero-order valence-electron chi connectivity index (χ0n) is 12.9. The Labute approximate surface area is 139 Å². The standard InChI is InChI=1S/C18H19NOS2/c1-11(2)15-16(12-6-4-7-13(10-12)20-3)18(19)22-17(15)14-8-5-9-21-14/h4-11H,19H2,1-3H3. The molecule has 0 aliphatic rings. The molecule has 0 fully saturated rings. The lowest BCUT2D eigenvalue weighted by Crippen LogP contribution is -1.93. The second-order valence-electron chi connectivity index (χ2n) is 5.45. The number of nitrogens with two attached hydrogens (primary N) is 1. The van der Waals surface area contributed by atoms with Crippen LogP contribution in [-0.2, 0) is 0 Å². The molecule has 0 aliphatic heterocycles. The molecule has 22 heavy (non-hydrogen) atoms. The van der Waals surface area contributed by atoms with E-state index >= 15 is 0 Å². The normalized spacial score (nSPS) is 11.1.